The van der Waals surface area contributed by atoms with Crippen molar-refractivity contribution < 1.29 is 4.74 Å². The molecule has 1 aliphatic rings. The molecule has 1 N–H and O–H groups in total. The molecule has 1 saturated carbocycles. The molecule has 1 aromatic carbocycles. The van der Waals surface area contributed by atoms with E-state index >= 15 is 0 Å². The summed E-state index contributed by atoms with van der Waals surface area (Å²) in [6, 6.07) is 8.66. The number of rotatable bonds is 6. The molecular formula is C16H25NO. The van der Waals surface area contributed by atoms with Gasteiger partial charge < -0.3 is 10.1 Å². The van der Waals surface area contributed by atoms with Crippen LogP contribution in [0, 0.1) is 0 Å². The maximum Gasteiger partial charge on any atom is 0.0723 e. The third-order valence-electron chi connectivity index (χ3n) is 3.79. The zero-order valence-corrected chi connectivity index (χ0v) is 11.5. The van der Waals surface area contributed by atoms with Crippen LogP contribution >= 0.6 is 0 Å². The summed E-state index contributed by atoms with van der Waals surface area (Å²) in [7, 11) is 2.00. The molecule has 0 aromatic heterocycles. The first-order valence-electron chi connectivity index (χ1n) is 7.23. The molecule has 1 fully saturated rings. The minimum absolute atomic E-state index is 0.496. The lowest BCUT2D eigenvalue weighted by atomic mass is 9.97. The van der Waals surface area contributed by atoms with E-state index in [1.807, 2.05) is 7.05 Å². The molecule has 0 bridgehead atoms. The second-order valence-corrected chi connectivity index (χ2v) is 5.19. The van der Waals surface area contributed by atoms with E-state index in [9.17, 15) is 0 Å². The average molecular weight is 247 g/mol. The molecule has 100 valence electrons. The van der Waals surface area contributed by atoms with Gasteiger partial charge in [0.25, 0.3) is 0 Å². The first-order valence-corrected chi connectivity index (χ1v) is 7.23. The van der Waals surface area contributed by atoms with Gasteiger partial charge in [0, 0.05) is 0 Å². The van der Waals surface area contributed by atoms with Crippen LogP contribution in [0.1, 0.15) is 43.2 Å². The first kappa shape index (κ1) is 13.6. The summed E-state index contributed by atoms with van der Waals surface area (Å²) in [4.78, 5) is 0. The van der Waals surface area contributed by atoms with Gasteiger partial charge >= 0.3 is 0 Å². The molecule has 0 heterocycles. The van der Waals surface area contributed by atoms with E-state index in [-0.39, 0.29) is 0 Å². The number of likely N-dealkylation sites (N-methyl/N-ethyl adjacent to an activating group) is 1. The average Bonchev–Trinajstić information content (AvgIpc) is 2.45. The minimum atomic E-state index is 0.496. The second-order valence-electron chi connectivity index (χ2n) is 5.19. The van der Waals surface area contributed by atoms with Crippen molar-refractivity contribution in [3.8, 4) is 0 Å². The van der Waals surface area contributed by atoms with Crippen molar-refractivity contribution in [2.75, 3.05) is 13.6 Å². The first-order chi connectivity index (χ1) is 8.90. The maximum atomic E-state index is 6.07. The van der Waals surface area contributed by atoms with Crippen molar-refractivity contribution in [1.82, 2.24) is 5.32 Å². The summed E-state index contributed by atoms with van der Waals surface area (Å²) in [5.41, 5.74) is 2.78. The number of hydrogen-bond donors (Lipinski definition) is 1. The largest absolute Gasteiger partial charge is 0.374 e. The van der Waals surface area contributed by atoms with E-state index in [0.29, 0.717) is 6.10 Å². The zero-order chi connectivity index (χ0) is 12.6. The summed E-state index contributed by atoms with van der Waals surface area (Å²) in [6.45, 7) is 1.81. The Morgan fingerprint density at radius 3 is 2.56 bits per heavy atom. The molecule has 1 aliphatic carbocycles. The van der Waals surface area contributed by atoms with Crippen molar-refractivity contribution >= 4 is 0 Å². The van der Waals surface area contributed by atoms with Gasteiger partial charge in [-0.2, -0.15) is 0 Å². The van der Waals surface area contributed by atoms with Crippen LogP contribution in [0.15, 0.2) is 24.3 Å². The zero-order valence-electron chi connectivity index (χ0n) is 11.5. The predicted molar refractivity (Wildman–Crippen MR) is 75.7 cm³/mol. The van der Waals surface area contributed by atoms with Gasteiger partial charge in [0.05, 0.1) is 12.7 Å². The van der Waals surface area contributed by atoms with Crippen LogP contribution in [0.3, 0.4) is 0 Å². The smallest absolute Gasteiger partial charge is 0.0723 e. The van der Waals surface area contributed by atoms with Crippen molar-refractivity contribution in [2.24, 2.45) is 0 Å². The molecule has 0 atom stereocenters. The van der Waals surface area contributed by atoms with Crippen LogP contribution in [0.4, 0.5) is 0 Å². The standard InChI is InChI=1S/C16H25NO/c1-17-12-11-14-7-5-6-8-15(14)13-18-16-9-3-2-4-10-16/h5-8,16-17H,2-4,9-13H2,1H3. The fraction of sp³-hybridized carbons (Fsp3) is 0.625. The molecule has 2 nitrogen and oxygen atoms in total. The molecule has 0 aliphatic heterocycles. The second kappa shape index (κ2) is 7.55. The summed E-state index contributed by atoms with van der Waals surface area (Å²) in [5, 5.41) is 3.21. The normalized spacial score (nSPS) is 16.9. The highest BCUT2D eigenvalue weighted by molar-refractivity contribution is 5.26. The van der Waals surface area contributed by atoms with Gasteiger partial charge in [-0.15, -0.1) is 0 Å². The molecule has 2 heteroatoms. The fourth-order valence-corrected chi connectivity index (χ4v) is 2.64. The Labute approximate surface area is 111 Å². The Morgan fingerprint density at radius 2 is 1.83 bits per heavy atom. The van der Waals surface area contributed by atoms with Gasteiger partial charge in [-0.3, -0.25) is 0 Å². The minimum Gasteiger partial charge on any atom is -0.374 e. The number of nitrogens with one attached hydrogen (secondary N) is 1. The molecule has 2 rings (SSSR count). The predicted octanol–water partition coefficient (Wildman–Crippen LogP) is 3.30. The van der Waals surface area contributed by atoms with E-state index in [1.54, 1.807) is 0 Å². The molecule has 1 aromatic rings. The topological polar surface area (TPSA) is 21.3 Å². The maximum absolute atomic E-state index is 6.07. The van der Waals surface area contributed by atoms with Gasteiger partial charge in [0.1, 0.15) is 0 Å². The summed E-state index contributed by atoms with van der Waals surface area (Å²) in [6.07, 6.45) is 8.14. The SMILES string of the molecule is CNCCc1ccccc1COC1CCCCC1. The highest BCUT2D eigenvalue weighted by Crippen LogP contribution is 2.22. The molecular weight excluding hydrogens is 222 g/mol. The highest BCUT2D eigenvalue weighted by atomic mass is 16.5. The van der Waals surface area contributed by atoms with Crippen LogP contribution < -0.4 is 5.32 Å². The molecule has 0 saturated heterocycles. The Morgan fingerprint density at radius 1 is 1.11 bits per heavy atom. The van der Waals surface area contributed by atoms with Gasteiger partial charge in [-0.1, -0.05) is 43.5 Å². The Hall–Kier alpha value is -0.860. The fourth-order valence-electron chi connectivity index (χ4n) is 2.64. The van der Waals surface area contributed by atoms with Crippen molar-refractivity contribution in [3.63, 3.8) is 0 Å². The van der Waals surface area contributed by atoms with E-state index in [0.717, 1.165) is 19.6 Å². The molecule has 0 unspecified atom stereocenters. The lowest BCUT2D eigenvalue weighted by Crippen LogP contribution is -2.17. The lowest BCUT2D eigenvalue weighted by molar-refractivity contribution is 0.0165. The monoisotopic (exact) mass is 247 g/mol. The van der Waals surface area contributed by atoms with E-state index in [2.05, 4.69) is 29.6 Å². The van der Waals surface area contributed by atoms with Crippen LogP contribution in [-0.4, -0.2) is 19.7 Å². The van der Waals surface area contributed by atoms with Crippen molar-refractivity contribution in [3.05, 3.63) is 35.4 Å². The van der Waals surface area contributed by atoms with E-state index in [4.69, 9.17) is 4.74 Å². The van der Waals surface area contributed by atoms with Gasteiger partial charge in [-0.25, -0.2) is 0 Å². The van der Waals surface area contributed by atoms with Crippen molar-refractivity contribution in [2.45, 2.75) is 51.2 Å². The molecule has 18 heavy (non-hydrogen) atoms. The third kappa shape index (κ3) is 4.11. The van der Waals surface area contributed by atoms with Crippen molar-refractivity contribution in [1.29, 1.82) is 0 Å². The van der Waals surface area contributed by atoms with Crippen LogP contribution in [-0.2, 0) is 17.8 Å². The summed E-state index contributed by atoms with van der Waals surface area (Å²) in [5.74, 6) is 0. The summed E-state index contributed by atoms with van der Waals surface area (Å²) < 4.78 is 6.07. The Kier molecular flexibility index (Phi) is 5.69. The van der Waals surface area contributed by atoms with Crippen LogP contribution in [0.2, 0.25) is 0 Å². The van der Waals surface area contributed by atoms with Gasteiger partial charge in [0.2, 0.25) is 0 Å². The van der Waals surface area contributed by atoms with E-state index in [1.165, 1.54) is 43.2 Å². The third-order valence-corrected chi connectivity index (χ3v) is 3.79. The van der Waals surface area contributed by atoms with E-state index < -0.39 is 0 Å². The quantitative estimate of drug-likeness (QED) is 0.833. The Balaban J connectivity index is 1.87. The Bertz CT molecular complexity index is 345. The lowest BCUT2D eigenvalue weighted by Gasteiger charge is -2.22. The number of hydrogen-bond acceptors (Lipinski definition) is 2. The molecule has 0 amide bonds. The number of ether oxygens (including phenoxy) is 1. The highest BCUT2D eigenvalue weighted by Gasteiger charge is 2.14. The number of benzene rings is 1. The van der Waals surface area contributed by atoms with Gasteiger partial charge in [-0.05, 0) is 44.0 Å². The molecule has 0 radical (unpaired) electrons. The van der Waals surface area contributed by atoms with Gasteiger partial charge in [0.15, 0.2) is 0 Å². The van der Waals surface area contributed by atoms with Crippen LogP contribution in [0.5, 0.6) is 0 Å². The molecule has 0 spiro atoms. The summed E-state index contributed by atoms with van der Waals surface area (Å²) >= 11 is 0. The van der Waals surface area contributed by atoms with Crippen LogP contribution in [0.25, 0.3) is 0 Å².